The number of hydrogen-bond acceptors (Lipinski definition) is 4. The van der Waals surface area contributed by atoms with Crippen LogP contribution < -0.4 is 5.32 Å². The summed E-state index contributed by atoms with van der Waals surface area (Å²) in [5.41, 5.74) is 1.69. The minimum atomic E-state index is 0.00250. The molecule has 1 N–H and O–H groups in total. The molecule has 1 aromatic heterocycles. The van der Waals surface area contributed by atoms with Gasteiger partial charge in [0.1, 0.15) is 18.0 Å². The van der Waals surface area contributed by atoms with Crippen LogP contribution >= 0.6 is 0 Å². The van der Waals surface area contributed by atoms with E-state index in [-0.39, 0.29) is 6.10 Å². The van der Waals surface area contributed by atoms with Gasteiger partial charge in [-0.15, -0.1) is 0 Å². The van der Waals surface area contributed by atoms with E-state index in [1.54, 1.807) is 0 Å². The minimum Gasteiger partial charge on any atom is -0.368 e. The van der Waals surface area contributed by atoms with Crippen molar-refractivity contribution >= 4 is 0 Å². The molecule has 1 fully saturated rings. The first-order valence-corrected chi connectivity index (χ1v) is 6.22. The molecule has 17 heavy (non-hydrogen) atoms. The van der Waals surface area contributed by atoms with Gasteiger partial charge in [0.05, 0.1) is 12.3 Å². The minimum absolute atomic E-state index is 0.00250. The second kappa shape index (κ2) is 4.47. The highest BCUT2D eigenvalue weighted by atomic mass is 16.5. The fourth-order valence-corrected chi connectivity index (χ4v) is 2.64. The number of nitriles is 1. The molecule has 90 valence electrons. The van der Waals surface area contributed by atoms with Crippen molar-refractivity contribution in [1.29, 1.82) is 5.26 Å². The van der Waals surface area contributed by atoms with E-state index in [9.17, 15) is 0 Å². The zero-order valence-corrected chi connectivity index (χ0v) is 9.78. The summed E-state index contributed by atoms with van der Waals surface area (Å²) < 4.78 is 7.93. The Morgan fingerprint density at radius 1 is 1.47 bits per heavy atom. The molecule has 0 radical (unpaired) electrons. The van der Waals surface area contributed by atoms with Gasteiger partial charge < -0.3 is 14.6 Å². The maximum Gasteiger partial charge on any atom is 0.162 e. The first kappa shape index (κ1) is 10.8. The van der Waals surface area contributed by atoms with E-state index in [0.717, 1.165) is 50.6 Å². The molecule has 1 aromatic rings. The van der Waals surface area contributed by atoms with Crippen LogP contribution in [-0.4, -0.2) is 29.2 Å². The first-order chi connectivity index (χ1) is 8.40. The van der Waals surface area contributed by atoms with Crippen LogP contribution in [0.1, 0.15) is 36.2 Å². The van der Waals surface area contributed by atoms with Crippen molar-refractivity contribution in [1.82, 2.24) is 14.9 Å². The normalized spacial score (nSPS) is 24.1. The Balaban J connectivity index is 1.98. The van der Waals surface area contributed by atoms with Crippen LogP contribution in [0.5, 0.6) is 0 Å². The summed E-state index contributed by atoms with van der Waals surface area (Å²) >= 11 is 0. The van der Waals surface area contributed by atoms with E-state index in [4.69, 9.17) is 10.00 Å². The SMILES string of the molecule is N#Cc1nc(C2CNCCO2)n2c1CCCC2. The molecule has 0 amide bonds. The Kier molecular flexibility index (Phi) is 2.83. The number of aromatic nitrogens is 2. The summed E-state index contributed by atoms with van der Waals surface area (Å²) in [6.45, 7) is 3.38. The topological polar surface area (TPSA) is 62.9 Å². The molecule has 1 saturated heterocycles. The summed E-state index contributed by atoms with van der Waals surface area (Å²) in [6.07, 6.45) is 3.30. The standard InChI is InChI=1S/C12H16N4O/c13-7-9-10-3-1-2-5-16(10)12(15-9)11-8-14-4-6-17-11/h11,14H,1-6,8H2. The van der Waals surface area contributed by atoms with Crippen molar-refractivity contribution in [2.75, 3.05) is 19.7 Å². The molecular formula is C12H16N4O. The number of nitrogens with zero attached hydrogens (tertiary/aromatic N) is 3. The molecule has 3 heterocycles. The molecule has 0 bridgehead atoms. The van der Waals surface area contributed by atoms with Gasteiger partial charge in [0.25, 0.3) is 0 Å². The first-order valence-electron chi connectivity index (χ1n) is 6.22. The molecule has 1 unspecified atom stereocenters. The zero-order chi connectivity index (χ0) is 11.7. The van der Waals surface area contributed by atoms with Gasteiger partial charge in [-0.05, 0) is 19.3 Å². The van der Waals surface area contributed by atoms with Crippen molar-refractivity contribution in [3.05, 3.63) is 17.2 Å². The van der Waals surface area contributed by atoms with Crippen molar-refractivity contribution in [3.8, 4) is 6.07 Å². The number of fused-ring (bicyclic) bond motifs is 1. The highest BCUT2D eigenvalue weighted by Gasteiger charge is 2.26. The number of imidazole rings is 1. The molecule has 0 aliphatic carbocycles. The molecule has 0 aromatic carbocycles. The molecule has 5 nitrogen and oxygen atoms in total. The van der Waals surface area contributed by atoms with Crippen LogP contribution in [0.2, 0.25) is 0 Å². The Bertz CT molecular complexity index is 454. The summed E-state index contributed by atoms with van der Waals surface area (Å²) in [4.78, 5) is 4.47. The van der Waals surface area contributed by atoms with Crippen LogP contribution in [0.4, 0.5) is 0 Å². The predicted molar refractivity (Wildman–Crippen MR) is 61.4 cm³/mol. The molecule has 2 aliphatic heterocycles. The number of ether oxygens (including phenoxy) is 1. The number of rotatable bonds is 1. The van der Waals surface area contributed by atoms with E-state index in [1.807, 2.05) is 0 Å². The molecule has 5 heteroatoms. The van der Waals surface area contributed by atoms with Gasteiger partial charge in [0, 0.05) is 19.6 Å². The summed E-state index contributed by atoms with van der Waals surface area (Å²) in [5, 5.41) is 12.4. The maximum atomic E-state index is 9.12. The quantitative estimate of drug-likeness (QED) is 0.776. The summed E-state index contributed by atoms with van der Waals surface area (Å²) in [6, 6.07) is 2.21. The van der Waals surface area contributed by atoms with E-state index < -0.39 is 0 Å². The van der Waals surface area contributed by atoms with Gasteiger partial charge >= 0.3 is 0 Å². The zero-order valence-electron chi connectivity index (χ0n) is 9.78. The lowest BCUT2D eigenvalue weighted by molar-refractivity contribution is 0.0195. The van der Waals surface area contributed by atoms with Crippen LogP contribution in [0, 0.1) is 11.3 Å². The second-order valence-electron chi connectivity index (χ2n) is 4.55. The molecule has 0 spiro atoms. The van der Waals surface area contributed by atoms with Crippen molar-refractivity contribution < 1.29 is 4.74 Å². The maximum absolute atomic E-state index is 9.12. The average molecular weight is 232 g/mol. The van der Waals surface area contributed by atoms with Gasteiger partial charge in [0.2, 0.25) is 0 Å². The van der Waals surface area contributed by atoms with E-state index in [1.165, 1.54) is 6.42 Å². The van der Waals surface area contributed by atoms with Crippen molar-refractivity contribution in [2.45, 2.75) is 31.9 Å². The van der Waals surface area contributed by atoms with Gasteiger partial charge in [-0.3, -0.25) is 0 Å². The molecule has 1 atom stereocenters. The van der Waals surface area contributed by atoms with E-state index in [0.29, 0.717) is 5.69 Å². The second-order valence-corrected chi connectivity index (χ2v) is 4.55. The predicted octanol–water partition coefficient (Wildman–Crippen LogP) is 0.752. The molecule has 2 aliphatic rings. The lowest BCUT2D eigenvalue weighted by Crippen LogP contribution is -2.35. The third-order valence-electron chi connectivity index (χ3n) is 3.47. The summed E-state index contributed by atoms with van der Waals surface area (Å²) in [7, 11) is 0. The lowest BCUT2D eigenvalue weighted by atomic mass is 10.1. The molecular weight excluding hydrogens is 216 g/mol. The smallest absolute Gasteiger partial charge is 0.162 e. The fraction of sp³-hybridized carbons (Fsp3) is 0.667. The van der Waals surface area contributed by atoms with Crippen LogP contribution in [0.25, 0.3) is 0 Å². The Labute approximate surface area is 100 Å². The Hall–Kier alpha value is -1.38. The van der Waals surface area contributed by atoms with E-state index >= 15 is 0 Å². The highest BCUT2D eigenvalue weighted by Crippen LogP contribution is 2.26. The Morgan fingerprint density at radius 2 is 2.41 bits per heavy atom. The fourth-order valence-electron chi connectivity index (χ4n) is 2.64. The van der Waals surface area contributed by atoms with Crippen LogP contribution in [-0.2, 0) is 17.7 Å². The van der Waals surface area contributed by atoms with Crippen molar-refractivity contribution in [2.24, 2.45) is 0 Å². The lowest BCUT2D eigenvalue weighted by Gasteiger charge is -2.25. The average Bonchev–Trinajstić information content (AvgIpc) is 2.78. The third-order valence-corrected chi connectivity index (χ3v) is 3.47. The van der Waals surface area contributed by atoms with E-state index in [2.05, 4.69) is 20.9 Å². The Morgan fingerprint density at radius 3 is 3.18 bits per heavy atom. The van der Waals surface area contributed by atoms with Gasteiger partial charge in [-0.25, -0.2) is 4.98 Å². The van der Waals surface area contributed by atoms with Crippen LogP contribution in [0.15, 0.2) is 0 Å². The number of morpholine rings is 1. The van der Waals surface area contributed by atoms with Gasteiger partial charge in [-0.2, -0.15) is 5.26 Å². The van der Waals surface area contributed by atoms with Gasteiger partial charge in [0.15, 0.2) is 5.69 Å². The van der Waals surface area contributed by atoms with Gasteiger partial charge in [-0.1, -0.05) is 0 Å². The summed E-state index contributed by atoms with van der Waals surface area (Å²) in [5.74, 6) is 0.934. The van der Waals surface area contributed by atoms with Crippen LogP contribution in [0.3, 0.4) is 0 Å². The number of hydrogen-bond donors (Lipinski definition) is 1. The molecule has 0 saturated carbocycles. The number of nitrogens with one attached hydrogen (secondary N) is 1. The highest BCUT2D eigenvalue weighted by molar-refractivity contribution is 5.31. The molecule has 3 rings (SSSR count). The largest absolute Gasteiger partial charge is 0.368 e. The third kappa shape index (κ3) is 1.84. The monoisotopic (exact) mass is 232 g/mol. The van der Waals surface area contributed by atoms with Crippen molar-refractivity contribution in [3.63, 3.8) is 0 Å².